The highest BCUT2D eigenvalue weighted by Gasteiger charge is 2.08. The van der Waals surface area contributed by atoms with Crippen molar-refractivity contribution in [2.24, 2.45) is 0 Å². The van der Waals surface area contributed by atoms with Crippen LogP contribution in [0.2, 0.25) is 0 Å². The third-order valence-electron chi connectivity index (χ3n) is 2.42. The summed E-state index contributed by atoms with van der Waals surface area (Å²) < 4.78 is 1.42. The summed E-state index contributed by atoms with van der Waals surface area (Å²) in [6, 6.07) is 9.71. The maximum atomic E-state index is 9.02. The Morgan fingerprint density at radius 2 is 1.94 bits per heavy atom. The number of fused-ring (bicyclic) bond motifs is 1. The first-order valence-corrected chi connectivity index (χ1v) is 5.12. The van der Waals surface area contributed by atoms with Crippen molar-refractivity contribution in [2.75, 3.05) is 0 Å². The molecule has 0 atom stereocenters. The molecule has 2 heterocycles. The van der Waals surface area contributed by atoms with Gasteiger partial charge in [0.2, 0.25) is 0 Å². The first-order valence-electron chi connectivity index (χ1n) is 5.12. The smallest absolute Gasteiger partial charge is 0.272 e. The average molecular weight is 227 g/mol. The van der Waals surface area contributed by atoms with E-state index in [2.05, 4.69) is 20.3 Å². The van der Waals surface area contributed by atoms with Crippen molar-refractivity contribution >= 4 is 5.78 Å². The Labute approximate surface area is 96.6 Å². The van der Waals surface area contributed by atoms with Gasteiger partial charge in [-0.25, -0.2) is 4.98 Å². The second-order valence-electron chi connectivity index (χ2n) is 3.49. The fraction of sp³-hybridized carbons (Fsp3) is 0.0909. The minimum Gasteiger partial charge on any atom is -0.388 e. The molecule has 2 aromatic heterocycles. The summed E-state index contributed by atoms with van der Waals surface area (Å²) in [5.74, 6) is 0.766. The van der Waals surface area contributed by atoms with Gasteiger partial charge in [-0.1, -0.05) is 30.3 Å². The molecule has 3 rings (SSSR count). The van der Waals surface area contributed by atoms with E-state index < -0.39 is 0 Å². The van der Waals surface area contributed by atoms with E-state index in [4.69, 9.17) is 5.11 Å². The van der Waals surface area contributed by atoms with E-state index in [0.29, 0.717) is 11.6 Å². The van der Waals surface area contributed by atoms with Crippen molar-refractivity contribution < 1.29 is 5.11 Å². The van der Waals surface area contributed by atoms with Crippen LogP contribution in [0.25, 0.3) is 17.0 Å². The first-order chi connectivity index (χ1) is 8.38. The highest BCUT2D eigenvalue weighted by Crippen LogP contribution is 2.15. The minimum atomic E-state index is -0.208. The van der Waals surface area contributed by atoms with Crippen molar-refractivity contribution in [1.29, 1.82) is 0 Å². The number of aliphatic hydroxyl groups excluding tert-OH is 1. The zero-order valence-electron chi connectivity index (χ0n) is 8.85. The number of hydrogen-bond donors (Lipinski definition) is 1. The molecule has 0 fully saturated rings. The molecule has 0 aliphatic carbocycles. The molecule has 84 valence electrons. The van der Waals surface area contributed by atoms with Crippen molar-refractivity contribution in [1.82, 2.24) is 24.8 Å². The van der Waals surface area contributed by atoms with Crippen LogP contribution in [0.3, 0.4) is 0 Å². The van der Waals surface area contributed by atoms with Crippen LogP contribution >= 0.6 is 0 Å². The van der Waals surface area contributed by atoms with E-state index in [-0.39, 0.29) is 6.61 Å². The maximum absolute atomic E-state index is 9.02. The van der Waals surface area contributed by atoms with E-state index >= 15 is 0 Å². The first kappa shape index (κ1) is 9.86. The van der Waals surface area contributed by atoms with Gasteiger partial charge in [-0.2, -0.15) is 9.61 Å². The number of nitrogens with zero attached hydrogens (tertiary/aromatic N) is 5. The molecule has 0 radical (unpaired) electrons. The van der Waals surface area contributed by atoms with Gasteiger partial charge in [0.25, 0.3) is 5.78 Å². The SMILES string of the molecule is OCc1nnc2nc(-c3ccccc3)cnn12. The third kappa shape index (κ3) is 1.64. The van der Waals surface area contributed by atoms with E-state index in [0.717, 1.165) is 11.3 Å². The topological polar surface area (TPSA) is 76.2 Å². The van der Waals surface area contributed by atoms with Gasteiger partial charge in [-0.15, -0.1) is 10.2 Å². The standard InChI is InChI=1S/C11H9N5O/c17-7-10-14-15-11-13-9(6-12-16(10)11)8-4-2-1-3-5-8/h1-6,17H,7H2. The van der Waals surface area contributed by atoms with Crippen LogP contribution in [-0.2, 0) is 6.61 Å². The fourth-order valence-electron chi connectivity index (χ4n) is 1.59. The van der Waals surface area contributed by atoms with Crippen molar-refractivity contribution in [3.63, 3.8) is 0 Å². The Balaban J connectivity index is 2.15. The monoisotopic (exact) mass is 227 g/mol. The molecule has 0 spiro atoms. The van der Waals surface area contributed by atoms with Crippen LogP contribution in [0.15, 0.2) is 36.5 Å². The molecule has 1 aromatic carbocycles. The lowest BCUT2D eigenvalue weighted by atomic mass is 10.2. The Bertz CT molecular complexity index is 649. The number of benzene rings is 1. The average Bonchev–Trinajstić information content (AvgIpc) is 2.81. The Morgan fingerprint density at radius 3 is 2.71 bits per heavy atom. The Morgan fingerprint density at radius 1 is 1.12 bits per heavy atom. The van der Waals surface area contributed by atoms with Gasteiger partial charge in [-0.3, -0.25) is 0 Å². The summed E-state index contributed by atoms with van der Waals surface area (Å²) in [5.41, 5.74) is 1.70. The predicted molar refractivity (Wildman–Crippen MR) is 59.9 cm³/mol. The van der Waals surface area contributed by atoms with Gasteiger partial charge in [0.05, 0.1) is 11.9 Å². The fourth-order valence-corrected chi connectivity index (χ4v) is 1.59. The Kier molecular flexibility index (Phi) is 2.27. The molecule has 0 aliphatic rings. The summed E-state index contributed by atoms with van der Waals surface area (Å²) in [5, 5.41) is 20.8. The third-order valence-corrected chi connectivity index (χ3v) is 2.42. The Hall–Kier alpha value is -2.34. The molecular formula is C11H9N5O. The quantitative estimate of drug-likeness (QED) is 0.696. The molecule has 6 heteroatoms. The number of rotatable bonds is 2. The lowest BCUT2D eigenvalue weighted by Gasteiger charge is -2.00. The van der Waals surface area contributed by atoms with Crippen molar-refractivity contribution in [3.8, 4) is 11.3 Å². The second-order valence-corrected chi connectivity index (χ2v) is 3.49. The van der Waals surface area contributed by atoms with E-state index in [1.807, 2.05) is 30.3 Å². The van der Waals surface area contributed by atoms with Crippen LogP contribution in [0.5, 0.6) is 0 Å². The second kappa shape index (κ2) is 3.91. The lowest BCUT2D eigenvalue weighted by molar-refractivity contribution is 0.268. The van der Waals surface area contributed by atoms with Gasteiger partial charge < -0.3 is 5.11 Å². The molecule has 0 unspecified atom stereocenters. The molecule has 1 N–H and O–H groups in total. The van der Waals surface area contributed by atoms with Crippen molar-refractivity contribution in [3.05, 3.63) is 42.4 Å². The molecule has 0 saturated carbocycles. The molecule has 3 aromatic rings. The van der Waals surface area contributed by atoms with Gasteiger partial charge in [0.1, 0.15) is 6.61 Å². The summed E-state index contributed by atoms with van der Waals surface area (Å²) in [7, 11) is 0. The van der Waals surface area contributed by atoms with Crippen LogP contribution in [0.1, 0.15) is 5.82 Å². The molecule has 17 heavy (non-hydrogen) atoms. The summed E-state index contributed by atoms with van der Waals surface area (Å²) in [6.45, 7) is -0.208. The minimum absolute atomic E-state index is 0.208. The highest BCUT2D eigenvalue weighted by atomic mass is 16.3. The summed E-state index contributed by atoms with van der Waals surface area (Å²) in [6.07, 6.45) is 1.63. The predicted octanol–water partition coefficient (Wildman–Crippen LogP) is 0.679. The number of aromatic nitrogens is 5. The van der Waals surface area contributed by atoms with Gasteiger partial charge in [0.15, 0.2) is 5.82 Å². The van der Waals surface area contributed by atoms with Crippen molar-refractivity contribution in [2.45, 2.75) is 6.61 Å². The van der Waals surface area contributed by atoms with Gasteiger partial charge in [0, 0.05) is 5.56 Å². The van der Waals surface area contributed by atoms with Crippen LogP contribution < -0.4 is 0 Å². The molecule has 0 amide bonds. The maximum Gasteiger partial charge on any atom is 0.272 e. The molecular weight excluding hydrogens is 218 g/mol. The van der Waals surface area contributed by atoms with E-state index in [9.17, 15) is 0 Å². The highest BCUT2D eigenvalue weighted by molar-refractivity contribution is 5.59. The number of hydrogen-bond acceptors (Lipinski definition) is 5. The van der Waals surface area contributed by atoms with E-state index in [1.165, 1.54) is 4.52 Å². The lowest BCUT2D eigenvalue weighted by Crippen LogP contribution is -2.00. The zero-order chi connectivity index (χ0) is 11.7. The molecule has 0 saturated heterocycles. The normalized spacial score (nSPS) is 10.9. The van der Waals surface area contributed by atoms with Crippen LogP contribution in [-0.4, -0.2) is 29.9 Å². The molecule has 6 nitrogen and oxygen atoms in total. The van der Waals surface area contributed by atoms with Crippen LogP contribution in [0, 0.1) is 0 Å². The molecule has 0 bridgehead atoms. The van der Waals surface area contributed by atoms with E-state index in [1.54, 1.807) is 6.20 Å². The summed E-state index contributed by atoms with van der Waals surface area (Å²) >= 11 is 0. The van der Waals surface area contributed by atoms with Gasteiger partial charge in [-0.05, 0) is 0 Å². The largest absolute Gasteiger partial charge is 0.388 e. The van der Waals surface area contributed by atoms with Crippen LogP contribution in [0.4, 0.5) is 0 Å². The van der Waals surface area contributed by atoms with Gasteiger partial charge >= 0.3 is 0 Å². The molecule has 0 aliphatic heterocycles. The number of aliphatic hydroxyl groups is 1. The zero-order valence-corrected chi connectivity index (χ0v) is 8.85. The summed E-state index contributed by atoms with van der Waals surface area (Å²) in [4.78, 5) is 4.33.